The third kappa shape index (κ3) is 3.68. The first-order valence-corrected chi connectivity index (χ1v) is 7.83. The van der Waals surface area contributed by atoms with Crippen LogP contribution < -0.4 is 5.32 Å². The van der Waals surface area contributed by atoms with Gasteiger partial charge in [-0.25, -0.2) is 0 Å². The molecule has 0 radical (unpaired) electrons. The maximum Gasteiger partial charge on any atom is 0.272 e. The molecule has 0 fully saturated rings. The zero-order valence-electron chi connectivity index (χ0n) is 13.3. The highest BCUT2D eigenvalue weighted by Gasteiger charge is 2.22. The first-order valence-electron chi connectivity index (χ1n) is 7.83. The molecular weight excluding hydrogens is 290 g/mol. The topological polar surface area (TPSA) is 54.5 Å². The van der Waals surface area contributed by atoms with Crippen molar-refractivity contribution in [2.24, 2.45) is 0 Å². The number of fused-ring (bicyclic) bond motifs is 1. The predicted molar refractivity (Wildman–Crippen MR) is 89.5 cm³/mol. The highest BCUT2D eigenvalue weighted by atomic mass is 16.5. The molecule has 0 unspecified atom stereocenters. The smallest absolute Gasteiger partial charge is 0.272 e. The number of aromatic nitrogens is 1. The van der Waals surface area contributed by atoms with Crippen molar-refractivity contribution < 1.29 is 9.53 Å². The summed E-state index contributed by atoms with van der Waals surface area (Å²) in [5.41, 5.74) is 3.92. The lowest BCUT2D eigenvalue weighted by atomic mass is 10.00. The summed E-state index contributed by atoms with van der Waals surface area (Å²) in [4.78, 5) is 18.8. The highest BCUT2D eigenvalue weighted by Crippen LogP contribution is 2.20. The van der Waals surface area contributed by atoms with E-state index in [9.17, 15) is 4.79 Å². The fourth-order valence-corrected chi connectivity index (χ4v) is 2.79. The van der Waals surface area contributed by atoms with Gasteiger partial charge in [-0.3, -0.25) is 9.78 Å². The van der Waals surface area contributed by atoms with Crippen LogP contribution in [0.5, 0.6) is 0 Å². The van der Waals surface area contributed by atoms with E-state index in [0.717, 1.165) is 18.7 Å². The molecular formula is C18H21N3O2. The number of anilines is 1. The molecule has 1 aromatic heterocycles. The summed E-state index contributed by atoms with van der Waals surface area (Å²) in [6, 6.07) is 12.0. The molecule has 23 heavy (non-hydrogen) atoms. The summed E-state index contributed by atoms with van der Waals surface area (Å²) in [5.74, 6) is -0.0186. The Morgan fingerprint density at radius 1 is 1.30 bits per heavy atom. The fraction of sp³-hybridized carbons (Fsp3) is 0.333. The van der Waals surface area contributed by atoms with Gasteiger partial charge in [-0.1, -0.05) is 24.3 Å². The van der Waals surface area contributed by atoms with Crippen LogP contribution in [0.3, 0.4) is 0 Å². The van der Waals surface area contributed by atoms with Crippen molar-refractivity contribution in [3.05, 3.63) is 59.4 Å². The molecule has 3 rings (SSSR count). The van der Waals surface area contributed by atoms with E-state index < -0.39 is 0 Å². The van der Waals surface area contributed by atoms with Gasteiger partial charge < -0.3 is 15.0 Å². The van der Waals surface area contributed by atoms with Crippen LogP contribution in [0, 0.1) is 0 Å². The van der Waals surface area contributed by atoms with Crippen molar-refractivity contribution in [3.8, 4) is 0 Å². The van der Waals surface area contributed by atoms with Gasteiger partial charge >= 0.3 is 0 Å². The van der Waals surface area contributed by atoms with Crippen LogP contribution in [0.25, 0.3) is 0 Å². The van der Waals surface area contributed by atoms with Crippen LogP contribution in [0.15, 0.2) is 42.6 Å². The zero-order chi connectivity index (χ0) is 16.1. The highest BCUT2D eigenvalue weighted by molar-refractivity contribution is 5.93. The van der Waals surface area contributed by atoms with Crippen molar-refractivity contribution in [1.82, 2.24) is 9.88 Å². The van der Waals surface area contributed by atoms with Crippen LogP contribution in [-0.4, -0.2) is 42.6 Å². The summed E-state index contributed by atoms with van der Waals surface area (Å²) in [7, 11) is 1.66. The second-order valence-electron chi connectivity index (χ2n) is 5.59. The second-order valence-corrected chi connectivity index (χ2v) is 5.59. The largest absolute Gasteiger partial charge is 0.383 e. The molecule has 1 aliphatic heterocycles. The van der Waals surface area contributed by atoms with E-state index in [4.69, 9.17) is 4.74 Å². The molecule has 1 aliphatic rings. The summed E-state index contributed by atoms with van der Waals surface area (Å²) >= 11 is 0. The molecule has 0 atom stereocenters. The molecule has 0 aliphatic carbocycles. The summed E-state index contributed by atoms with van der Waals surface area (Å²) in [6.07, 6.45) is 2.56. The Labute approximate surface area is 136 Å². The molecule has 0 saturated carbocycles. The van der Waals surface area contributed by atoms with Crippen molar-refractivity contribution >= 4 is 11.6 Å². The number of hydrogen-bond donors (Lipinski definition) is 1. The minimum Gasteiger partial charge on any atom is -0.383 e. The Morgan fingerprint density at radius 2 is 2.13 bits per heavy atom. The van der Waals surface area contributed by atoms with Gasteiger partial charge in [0.05, 0.1) is 6.61 Å². The van der Waals surface area contributed by atoms with Crippen molar-refractivity contribution in [2.75, 3.05) is 32.1 Å². The first kappa shape index (κ1) is 15.5. The van der Waals surface area contributed by atoms with Crippen LogP contribution in [0.2, 0.25) is 0 Å². The number of carbonyl (C=O) groups is 1. The number of nitrogens with zero attached hydrogens (tertiary/aromatic N) is 2. The Kier molecular flexibility index (Phi) is 4.88. The van der Waals surface area contributed by atoms with Crippen LogP contribution >= 0.6 is 0 Å². The molecule has 2 heterocycles. The number of amides is 1. The quantitative estimate of drug-likeness (QED) is 0.861. The van der Waals surface area contributed by atoms with Gasteiger partial charge in [0.1, 0.15) is 5.69 Å². The third-order valence-electron chi connectivity index (χ3n) is 4.03. The minimum absolute atomic E-state index is 0.0186. The number of methoxy groups -OCH3 is 1. The molecule has 0 saturated heterocycles. The predicted octanol–water partition coefficient (Wildman–Crippen LogP) is 2.34. The van der Waals surface area contributed by atoms with Crippen LogP contribution in [0.1, 0.15) is 21.6 Å². The summed E-state index contributed by atoms with van der Waals surface area (Å²) in [6.45, 7) is 2.70. The standard InChI is InChI=1S/C18H21N3O2/c1-23-11-9-19-16-6-8-20-17(12-16)18(22)21-10-7-14-4-2-3-5-15(14)13-21/h2-6,8,12H,7,9-11,13H2,1H3,(H,19,20). The number of rotatable bonds is 5. The lowest BCUT2D eigenvalue weighted by Gasteiger charge is -2.28. The van der Waals surface area contributed by atoms with E-state index in [-0.39, 0.29) is 5.91 Å². The van der Waals surface area contributed by atoms with E-state index in [1.807, 2.05) is 23.1 Å². The number of pyridine rings is 1. The summed E-state index contributed by atoms with van der Waals surface area (Å²) in [5, 5.41) is 3.22. The fourth-order valence-electron chi connectivity index (χ4n) is 2.79. The number of hydrogen-bond acceptors (Lipinski definition) is 4. The number of nitrogens with one attached hydrogen (secondary N) is 1. The molecule has 1 amide bonds. The maximum absolute atomic E-state index is 12.7. The average Bonchev–Trinajstić information content (AvgIpc) is 2.61. The van der Waals surface area contributed by atoms with E-state index in [2.05, 4.69) is 22.4 Å². The maximum atomic E-state index is 12.7. The molecule has 2 aromatic rings. The number of benzene rings is 1. The van der Waals surface area contributed by atoms with Gasteiger partial charge in [-0.05, 0) is 29.7 Å². The Hall–Kier alpha value is -2.40. The normalized spacial score (nSPS) is 13.5. The third-order valence-corrected chi connectivity index (χ3v) is 4.03. The van der Waals surface area contributed by atoms with Crippen molar-refractivity contribution in [2.45, 2.75) is 13.0 Å². The van der Waals surface area contributed by atoms with Crippen LogP contribution in [0.4, 0.5) is 5.69 Å². The average molecular weight is 311 g/mol. The van der Waals surface area contributed by atoms with Crippen molar-refractivity contribution in [1.29, 1.82) is 0 Å². The Morgan fingerprint density at radius 3 is 2.96 bits per heavy atom. The van der Waals surface area contributed by atoms with Gasteiger partial charge in [0.25, 0.3) is 5.91 Å². The van der Waals surface area contributed by atoms with E-state index in [1.165, 1.54) is 11.1 Å². The monoisotopic (exact) mass is 311 g/mol. The molecule has 1 aromatic carbocycles. The Bertz CT molecular complexity index is 687. The lowest BCUT2D eigenvalue weighted by molar-refractivity contribution is 0.0729. The summed E-state index contributed by atoms with van der Waals surface area (Å²) < 4.78 is 5.02. The van der Waals surface area contributed by atoms with Crippen molar-refractivity contribution in [3.63, 3.8) is 0 Å². The zero-order valence-corrected chi connectivity index (χ0v) is 13.3. The van der Waals surface area contributed by atoms with Gasteiger partial charge in [0.2, 0.25) is 0 Å². The number of ether oxygens (including phenoxy) is 1. The van der Waals surface area contributed by atoms with Gasteiger partial charge in [-0.15, -0.1) is 0 Å². The first-order chi connectivity index (χ1) is 11.3. The van der Waals surface area contributed by atoms with Gasteiger partial charge in [0.15, 0.2) is 0 Å². The van der Waals surface area contributed by atoms with E-state index in [0.29, 0.717) is 25.4 Å². The van der Waals surface area contributed by atoms with E-state index >= 15 is 0 Å². The molecule has 5 nitrogen and oxygen atoms in total. The van der Waals surface area contributed by atoms with Crippen LogP contribution in [-0.2, 0) is 17.7 Å². The second kappa shape index (κ2) is 7.24. The lowest BCUT2D eigenvalue weighted by Crippen LogP contribution is -2.36. The van der Waals surface area contributed by atoms with Gasteiger partial charge in [0, 0.05) is 38.6 Å². The van der Waals surface area contributed by atoms with E-state index in [1.54, 1.807) is 19.4 Å². The minimum atomic E-state index is -0.0186. The molecule has 5 heteroatoms. The molecule has 0 spiro atoms. The molecule has 1 N–H and O–H groups in total. The molecule has 0 bridgehead atoms. The Balaban J connectivity index is 1.70. The SMILES string of the molecule is COCCNc1ccnc(C(=O)N2CCc3ccccc3C2)c1. The molecule has 120 valence electrons. The van der Waals surface area contributed by atoms with Gasteiger partial charge in [-0.2, -0.15) is 0 Å². The number of carbonyl (C=O) groups excluding carboxylic acids is 1.